The summed E-state index contributed by atoms with van der Waals surface area (Å²) in [5.74, 6) is 0.503. The average Bonchev–Trinajstić information content (AvgIpc) is 2.73. The quantitative estimate of drug-likeness (QED) is 0.736. The van der Waals surface area contributed by atoms with Crippen LogP contribution in [0.1, 0.15) is 18.5 Å². The van der Waals surface area contributed by atoms with Crippen LogP contribution < -0.4 is 10.6 Å². The van der Waals surface area contributed by atoms with Gasteiger partial charge < -0.3 is 10.6 Å². The van der Waals surface area contributed by atoms with E-state index in [1.165, 1.54) is 0 Å². The van der Waals surface area contributed by atoms with E-state index in [0.29, 0.717) is 0 Å². The van der Waals surface area contributed by atoms with Crippen LogP contribution in [0.3, 0.4) is 0 Å². The van der Waals surface area contributed by atoms with Crippen LogP contribution in [-0.2, 0) is 11.2 Å². The maximum Gasteiger partial charge on any atom is 0.240 e. The molecule has 0 radical (unpaired) electrons. The van der Waals surface area contributed by atoms with Crippen molar-refractivity contribution in [1.82, 2.24) is 9.97 Å². The Balaban J connectivity index is 2.09. The van der Waals surface area contributed by atoms with Gasteiger partial charge in [-0.05, 0) is 12.8 Å². The molecule has 1 saturated heterocycles. The summed E-state index contributed by atoms with van der Waals surface area (Å²) in [7, 11) is 0. The highest BCUT2D eigenvalue weighted by atomic mass is 16.1. The fraction of sp³-hybridized carbons (Fsp3) is 0.364. The molecule has 3 rings (SSSR count). The smallest absolute Gasteiger partial charge is 0.240 e. The minimum absolute atomic E-state index is 0.262. The monoisotopic (exact) mass is 216 g/mol. The number of anilines is 1. The molecule has 2 aliphatic rings. The lowest BCUT2D eigenvalue weighted by atomic mass is 10.1. The van der Waals surface area contributed by atoms with Gasteiger partial charge in [-0.1, -0.05) is 6.08 Å². The number of carbonyl (C=O) groups excluding carboxylic acids is 1. The van der Waals surface area contributed by atoms with Crippen molar-refractivity contribution in [2.45, 2.75) is 25.3 Å². The zero-order valence-corrected chi connectivity index (χ0v) is 8.76. The molecule has 5 heteroatoms. The molecule has 1 amide bonds. The van der Waals surface area contributed by atoms with Gasteiger partial charge in [0.1, 0.15) is 6.04 Å². The van der Waals surface area contributed by atoms with Crippen LogP contribution in [-0.4, -0.2) is 21.9 Å². The molecule has 0 saturated carbocycles. The Morgan fingerprint density at radius 1 is 1.44 bits per heavy atom. The fourth-order valence-electron chi connectivity index (χ4n) is 2.41. The number of hydrogen-bond donors (Lipinski definition) is 1. The number of allylic oxidation sites excluding steroid dienone is 2. The molecule has 1 atom stereocenters. The molecule has 2 N–H and O–H groups in total. The van der Waals surface area contributed by atoms with Gasteiger partial charge in [0.25, 0.3) is 0 Å². The second kappa shape index (κ2) is 3.30. The molecule has 3 heterocycles. The van der Waals surface area contributed by atoms with Crippen molar-refractivity contribution in [2.24, 2.45) is 5.73 Å². The number of primary amides is 1. The second-order valence-corrected chi connectivity index (χ2v) is 4.05. The minimum Gasteiger partial charge on any atom is -0.368 e. The van der Waals surface area contributed by atoms with Crippen LogP contribution >= 0.6 is 0 Å². The van der Waals surface area contributed by atoms with E-state index in [0.717, 1.165) is 36.5 Å². The van der Waals surface area contributed by atoms with Gasteiger partial charge in [0.05, 0.1) is 5.69 Å². The van der Waals surface area contributed by atoms with Crippen molar-refractivity contribution in [3.05, 3.63) is 29.9 Å². The van der Waals surface area contributed by atoms with Crippen molar-refractivity contribution >= 4 is 11.7 Å². The molecule has 0 aromatic carbocycles. The highest BCUT2D eigenvalue weighted by Gasteiger charge is 2.36. The standard InChI is InChI=1S/C11H12N4O/c12-10(16)9-4-2-7-1-3-8-11(15(7)9)14-6-5-13-8/h1,5-6,9H,2-4H2,(H2,12,16). The highest BCUT2D eigenvalue weighted by molar-refractivity contribution is 5.86. The summed E-state index contributed by atoms with van der Waals surface area (Å²) in [4.78, 5) is 21.9. The zero-order valence-electron chi connectivity index (χ0n) is 8.76. The summed E-state index contributed by atoms with van der Waals surface area (Å²) in [5, 5.41) is 0. The molecule has 1 fully saturated rings. The van der Waals surface area contributed by atoms with Gasteiger partial charge in [-0.2, -0.15) is 0 Å². The summed E-state index contributed by atoms with van der Waals surface area (Å²) >= 11 is 0. The van der Waals surface area contributed by atoms with Crippen molar-refractivity contribution in [3.8, 4) is 0 Å². The number of nitrogens with two attached hydrogens (primary N) is 1. The Bertz CT molecular complexity index is 483. The van der Waals surface area contributed by atoms with Crippen LogP contribution in [0.15, 0.2) is 24.2 Å². The molecular formula is C11H12N4O. The molecule has 0 bridgehead atoms. The van der Waals surface area contributed by atoms with E-state index in [-0.39, 0.29) is 11.9 Å². The predicted octanol–water partition coefficient (Wildman–Crippen LogP) is 0.371. The van der Waals surface area contributed by atoms with Crippen molar-refractivity contribution in [3.63, 3.8) is 0 Å². The number of nitrogens with zero attached hydrogens (tertiary/aromatic N) is 3. The van der Waals surface area contributed by atoms with Gasteiger partial charge in [0.2, 0.25) is 5.91 Å². The molecule has 2 aliphatic heterocycles. The third kappa shape index (κ3) is 1.21. The molecule has 82 valence electrons. The number of amides is 1. The van der Waals surface area contributed by atoms with Gasteiger partial charge in [-0.3, -0.25) is 9.78 Å². The Kier molecular flexibility index (Phi) is 1.92. The molecule has 1 unspecified atom stereocenters. The average molecular weight is 216 g/mol. The Labute approximate surface area is 93.0 Å². The van der Waals surface area contributed by atoms with E-state index in [9.17, 15) is 4.79 Å². The SMILES string of the molecule is NC(=O)C1CCC2=CCc3nccnc3N21. The van der Waals surface area contributed by atoms with E-state index in [1.54, 1.807) is 12.4 Å². The van der Waals surface area contributed by atoms with Crippen LogP contribution in [0.2, 0.25) is 0 Å². The first-order valence-electron chi connectivity index (χ1n) is 5.35. The van der Waals surface area contributed by atoms with Gasteiger partial charge >= 0.3 is 0 Å². The molecular weight excluding hydrogens is 204 g/mol. The second-order valence-electron chi connectivity index (χ2n) is 4.05. The van der Waals surface area contributed by atoms with Crippen molar-refractivity contribution < 1.29 is 4.79 Å². The molecule has 0 aliphatic carbocycles. The first-order valence-corrected chi connectivity index (χ1v) is 5.35. The lowest BCUT2D eigenvalue weighted by molar-refractivity contribution is -0.119. The molecule has 5 nitrogen and oxygen atoms in total. The van der Waals surface area contributed by atoms with Crippen LogP contribution in [0.5, 0.6) is 0 Å². The summed E-state index contributed by atoms with van der Waals surface area (Å²) in [6, 6.07) is -0.262. The molecule has 16 heavy (non-hydrogen) atoms. The van der Waals surface area contributed by atoms with Crippen molar-refractivity contribution in [2.75, 3.05) is 4.90 Å². The van der Waals surface area contributed by atoms with Gasteiger partial charge in [-0.25, -0.2) is 4.98 Å². The Hall–Kier alpha value is -1.91. The van der Waals surface area contributed by atoms with E-state index in [2.05, 4.69) is 16.0 Å². The Morgan fingerprint density at radius 2 is 2.25 bits per heavy atom. The van der Waals surface area contributed by atoms with Crippen LogP contribution in [0.4, 0.5) is 5.82 Å². The summed E-state index contributed by atoms with van der Waals surface area (Å²) < 4.78 is 0. The summed E-state index contributed by atoms with van der Waals surface area (Å²) in [6.45, 7) is 0. The largest absolute Gasteiger partial charge is 0.368 e. The van der Waals surface area contributed by atoms with E-state index in [1.807, 2.05) is 4.90 Å². The third-order valence-corrected chi connectivity index (χ3v) is 3.13. The summed E-state index contributed by atoms with van der Waals surface area (Å²) in [6.07, 6.45) is 7.90. The Morgan fingerprint density at radius 3 is 3.06 bits per heavy atom. The fourth-order valence-corrected chi connectivity index (χ4v) is 2.41. The number of rotatable bonds is 1. The lowest BCUT2D eigenvalue weighted by Gasteiger charge is -2.28. The predicted molar refractivity (Wildman–Crippen MR) is 58.5 cm³/mol. The van der Waals surface area contributed by atoms with E-state index < -0.39 is 0 Å². The normalized spacial score (nSPS) is 22.4. The van der Waals surface area contributed by atoms with Crippen LogP contribution in [0, 0.1) is 0 Å². The van der Waals surface area contributed by atoms with Gasteiger partial charge in [0, 0.05) is 24.5 Å². The van der Waals surface area contributed by atoms with Crippen LogP contribution in [0.25, 0.3) is 0 Å². The topological polar surface area (TPSA) is 72.1 Å². The molecule has 1 aromatic heterocycles. The zero-order chi connectivity index (χ0) is 11.1. The number of aromatic nitrogens is 2. The number of fused-ring (bicyclic) bond motifs is 3. The van der Waals surface area contributed by atoms with E-state index >= 15 is 0 Å². The third-order valence-electron chi connectivity index (χ3n) is 3.13. The molecule has 0 spiro atoms. The molecule has 1 aromatic rings. The number of carbonyl (C=O) groups is 1. The highest BCUT2D eigenvalue weighted by Crippen LogP contribution is 2.36. The summed E-state index contributed by atoms with van der Waals surface area (Å²) in [5.41, 5.74) is 7.47. The minimum atomic E-state index is -0.290. The maximum atomic E-state index is 11.4. The van der Waals surface area contributed by atoms with Gasteiger partial charge in [-0.15, -0.1) is 0 Å². The van der Waals surface area contributed by atoms with E-state index in [4.69, 9.17) is 5.73 Å². The number of hydrogen-bond acceptors (Lipinski definition) is 4. The van der Waals surface area contributed by atoms with Gasteiger partial charge in [0.15, 0.2) is 5.82 Å². The first kappa shape index (κ1) is 9.33. The van der Waals surface area contributed by atoms with Crippen molar-refractivity contribution in [1.29, 1.82) is 0 Å². The first-order chi connectivity index (χ1) is 7.77. The maximum absolute atomic E-state index is 11.4. The lowest BCUT2D eigenvalue weighted by Crippen LogP contribution is -2.41.